The maximum Gasteiger partial charge on any atom is 0.416 e. The van der Waals surface area contributed by atoms with E-state index in [1.54, 1.807) is 9.80 Å². The van der Waals surface area contributed by atoms with Crippen molar-refractivity contribution >= 4 is 11.8 Å². The summed E-state index contributed by atoms with van der Waals surface area (Å²) in [7, 11) is 0. The minimum Gasteiger partial charge on any atom is -0.379 e. The molecule has 3 rings (SSSR count). The standard InChI is InChI=1S/C19H24F3N3O3/c20-19(21,22)16-3-1-15(2-4-16)13-17(26)24-5-7-25(8-6-24)18(27)14-23-9-11-28-12-10-23/h1-4H,5-14H2. The SMILES string of the molecule is O=C(Cc1ccc(C(F)(F)F)cc1)N1CCN(C(=O)CN2CCOCC2)CC1. The minimum absolute atomic E-state index is 0.0525. The van der Waals surface area contributed by atoms with Gasteiger partial charge in [0, 0.05) is 39.3 Å². The lowest BCUT2D eigenvalue weighted by atomic mass is 10.1. The van der Waals surface area contributed by atoms with Crippen LogP contribution in [0.5, 0.6) is 0 Å². The Balaban J connectivity index is 1.45. The van der Waals surface area contributed by atoms with Crippen molar-refractivity contribution in [1.82, 2.24) is 14.7 Å². The highest BCUT2D eigenvalue weighted by molar-refractivity contribution is 5.80. The van der Waals surface area contributed by atoms with Crippen LogP contribution in [0.1, 0.15) is 11.1 Å². The summed E-state index contributed by atoms with van der Waals surface area (Å²) in [6.45, 7) is 4.96. The van der Waals surface area contributed by atoms with E-state index in [4.69, 9.17) is 4.74 Å². The molecule has 0 aliphatic carbocycles. The summed E-state index contributed by atoms with van der Waals surface area (Å²) in [4.78, 5) is 30.3. The number of amides is 2. The van der Waals surface area contributed by atoms with Crippen molar-refractivity contribution in [3.63, 3.8) is 0 Å². The quantitative estimate of drug-likeness (QED) is 0.765. The highest BCUT2D eigenvalue weighted by Crippen LogP contribution is 2.29. The largest absolute Gasteiger partial charge is 0.416 e. The van der Waals surface area contributed by atoms with E-state index in [1.807, 2.05) is 0 Å². The van der Waals surface area contributed by atoms with E-state index in [1.165, 1.54) is 12.1 Å². The Hall–Kier alpha value is -2.13. The van der Waals surface area contributed by atoms with Gasteiger partial charge in [-0.15, -0.1) is 0 Å². The summed E-state index contributed by atoms with van der Waals surface area (Å²) in [6, 6.07) is 4.65. The van der Waals surface area contributed by atoms with Gasteiger partial charge in [-0.25, -0.2) is 0 Å². The summed E-state index contributed by atoms with van der Waals surface area (Å²) in [5.41, 5.74) is -0.181. The normalized spacial score (nSPS) is 19.0. The van der Waals surface area contributed by atoms with Gasteiger partial charge in [0.15, 0.2) is 0 Å². The van der Waals surface area contributed by atoms with Crippen LogP contribution < -0.4 is 0 Å². The van der Waals surface area contributed by atoms with E-state index in [-0.39, 0.29) is 18.2 Å². The molecule has 0 unspecified atom stereocenters. The van der Waals surface area contributed by atoms with Crippen molar-refractivity contribution in [2.24, 2.45) is 0 Å². The van der Waals surface area contributed by atoms with Crippen LogP contribution in [0.25, 0.3) is 0 Å². The Morgan fingerprint density at radius 1 is 0.857 bits per heavy atom. The number of piperazine rings is 1. The number of hydrogen-bond donors (Lipinski definition) is 0. The number of carbonyl (C=O) groups excluding carboxylic acids is 2. The zero-order chi connectivity index (χ0) is 20.1. The molecule has 2 fully saturated rings. The van der Waals surface area contributed by atoms with Gasteiger partial charge in [-0.3, -0.25) is 14.5 Å². The lowest BCUT2D eigenvalue weighted by Crippen LogP contribution is -2.53. The molecule has 0 spiro atoms. The molecular formula is C19H24F3N3O3. The molecule has 2 aliphatic rings. The first-order chi connectivity index (χ1) is 13.3. The first kappa shape index (κ1) is 20.6. The van der Waals surface area contributed by atoms with Crippen LogP contribution in [0.4, 0.5) is 13.2 Å². The van der Waals surface area contributed by atoms with E-state index in [2.05, 4.69) is 4.90 Å². The maximum absolute atomic E-state index is 12.6. The maximum atomic E-state index is 12.6. The molecule has 0 atom stereocenters. The second-order valence-electron chi connectivity index (χ2n) is 7.02. The van der Waals surface area contributed by atoms with E-state index in [0.717, 1.165) is 25.2 Å². The first-order valence-electron chi connectivity index (χ1n) is 9.35. The van der Waals surface area contributed by atoms with Crippen LogP contribution in [0, 0.1) is 0 Å². The van der Waals surface area contributed by atoms with E-state index >= 15 is 0 Å². The zero-order valence-corrected chi connectivity index (χ0v) is 15.6. The average Bonchev–Trinajstić information content (AvgIpc) is 2.68. The van der Waals surface area contributed by atoms with Crippen LogP contribution >= 0.6 is 0 Å². The van der Waals surface area contributed by atoms with Gasteiger partial charge >= 0.3 is 6.18 Å². The highest BCUT2D eigenvalue weighted by atomic mass is 19.4. The van der Waals surface area contributed by atoms with Crippen molar-refractivity contribution in [2.75, 3.05) is 59.0 Å². The third-order valence-corrected chi connectivity index (χ3v) is 5.08. The van der Waals surface area contributed by atoms with Crippen molar-refractivity contribution in [3.05, 3.63) is 35.4 Å². The van der Waals surface area contributed by atoms with Gasteiger partial charge in [-0.05, 0) is 17.7 Å². The Morgan fingerprint density at radius 3 is 1.93 bits per heavy atom. The molecule has 0 saturated carbocycles. The molecule has 1 aromatic rings. The summed E-state index contributed by atoms with van der Waals surface area (Å²) in [5.74, 6) is -0.0863. The van der Waals surface area contributed by atoms with Gasteiger partial charge in [-0.2, -0.15) is 13.2 Å². The second-order valence-corrected chi connectivity index (χ2v) is 7.02. The van der Waals surface area contributed by atoms with Crippen LogP contribution in [0.2, 0.25) is 0 Å². The average molecular weight is 399 g/mol. The molecule has 0 aromatic heterocycles. The predicted octanol–water partition coefficient (Wildman–Crippen LogP) is 1.25. The molecule has 2 heterocycles. The van der Waals surface area contributed by atoms with Gasteiger partial charge < -0.3 is 14.5 Å². The molecule has 0 bridgehead atoms. The summed E-state index contributed by atoms with van der Waals surface area (Å²) in [6.07, 6.45) is -4.33. The molecule has 154 valence electrons. The number of rotatable bonds is 4. The van der Waals surface area contributed by atoms with E-state index < -0.39 is 11.7 Å². The molecule has 28 heavy (non-hydrogen) atoms. The van der Waals surface area contributed by atoms with Crippen LogP contribution in [0.15, 0.2) is 24.3 Å². The third kappa shape index (κ3) is 5.45. The Morgan fingerprint density at radius 2 is 1.39 bits per heavy atom. The Bertz CT molecular complexity index is 680. The smallest absolute Gasteiger partial charge is 0.379 e. The van der Waals surface area contributed by atoms with Crippen molar-refractivity contribution in [3.8, 4) is 0 Å². The number of halogens is 3. The van der Waals surface area contributed by atoms with E-state index in [0.29, 0.717) is 51.5 Å². The lowest BCUT2D eigenvalue weighted by molar-refractivity contribution is -0.140. The number of hydrogen-bond acceptors (Lipinski definition) is 4. The number of morpholine rings is 1. The number of ether oxygens (including phenoxy) is 1. The van der Waals surface area contributed by atoms with Gasteiger partial charge in [-0.1, -0.05) is 12.1 Å². The molecule has 2 amide bonds. The third-order valence-electron chi connectivity index (χ3n) is 5.08. The zero-order valence-electron chi connectivity index (χ0n) is 15.6. The van der Waals surface area contributed by atoms with Gasteiger partial charge in [0.1, 0.15) is 0 Å². The highest BCUT2D eigenvalue weighted by Gasteiger charge is 2.30. The molecule has 0 radical (unpaired) electrons. The fourth-order valence-corrected chi connectivity index (χ4v) is 3.35. The monoisotopic (exact) mass is 399 g/mol. The Kier molecular flexibility index (Phi) is 6.56. The molecule has 9 heteroatoms. The van der Waals surface area contributed by atoms with Crippen molar-refractivity contribution in [1.29, 1.82) is 0 Å². The molecule has 2 aliphatic heterocycles. The molecule has 6 nitrogen and oxygen atoms in total. The number of alkyl halides is 3. The Labute approximate surface area is 161 Å². The van der Waals surface area contributed by atoms with Crippen LogP contribution in [0.3, 0.4) is 0 Å². The van der Waals surface area contributed by atoms with E-state index in [9.17, 15) is 22.8 Å². The summed E-state index contributed by atoms with van der Waals surface area (Å²) < 4.78 is 43.1. The van der Waals surface area contributed by atoms with Crippen LogP contribution in [-0.4, -0.2) is 85.5 Å². The number of nitrogens with zero attached hydrogens (tertiary/aromatic N) is 3. The fraction of sp³-hybridized carbons (Fsp3) is 0.579. The summed E-state index contributed by atoms with van der Waals surface area (Å²) >= 11 is 0. The van der Waals surface area contributed by atoms with Crippen LogP contribution in [-0.2, 0) is 26.9 Å². The molecular weight excluding hydrogens is 375 g/mol. The first-order valence-corrected chi connectivity index (χ1v) is 9.35. The number of benzene rings is 1. The topological polar surface area (TPSA) is 53.1 Å². The predicted molar refractivity (Wildman–Crippen MR) is 95.6 cm³/mol. The minimum atomic E-state index is -4.38. The lowest BCUT2D eigenvalue weighted by Gasteiger charge is -2.36. The summed E-state index contributed by atoms with van der Waals surface area (Å²) in [5, 5.41) is 0. The van der Waals surface area contributed by atoms with Crippen molar-refractivity contribution < 1.29 is 27.5 Å². The van der Waals surface area contributed by atoms with Crippen molar-refractivity contribution in [2.45, 2.75) is 12.6 Å². The van der Waals surface area contributed by atoms with Gasteiger partial charge in [0.25, 0.3) is 0 Å². The molecule has 1 aromatic carbocycles. The molecule has 0 N–H and O–H groups in total. The van der Waals surface area contributed by atoms with Gasteiger partial charge in [0.05, 0.1) is 31.7 Å². The number of carbonyl (C=O) groups is 2. The molecule has 2 saturated heterocycles. The fourth-order valence-electron chi connectivity index (χ4n) is 3.35. The second kappa shape index (κ2) is 8.91. The van der Waals surface area contributed by atoms with Gasteiger partial charge in [0.2, 0.25) is 11.8 Å².